The molecule has 0 nitrogen and oxygen atoms in total. The Morgan fingerprint density at radius 3 is 1.64 bits per heavy atom. The average molecular weight is 192 g/mol. The van der Waals surface area contributed by atoms with Gasteiger partial charge in [0.2, 0.25) is 0 Å². The molecule has 2 rings (SSSR count). The number of rotatable bonds is 0. The number of hydrogen-bond acceptors (Lipinski definition) is 0. The summed E-state index contributed by atoms with van der Waals surface area (Å²) < 4.78 is 0. The molecule has 0 unspecified atom stereocenters. The monoisotopic (exact) mass is 192 g/mol. The van der Waals surface area contributed by atoms with Gasteiger partial charge < -0.3 is 0 Å². The highest BCUT2D eigenvalue weighted by Gasteiger charge is 2.07. The second-order valence-electron chi connectivity index (χ2n) is 3.33. The lowest BCUT2D eigenvalue weighted by Gasteiger charge is -1.93. The Bertz CT molecular complexity index is 202. The maximum Gasteiger partial charge on any atom is -0.0273 e. The minimum atomic E-state index is 1.25. The second kappa shape index (κ2) is 8.80. The minimum absolute atomic E-state index is 1.25. The minimum Gasteiger partial charge on any atom is -0.0683 e. The van der Waals surface area contributed by atoms with Crippen LogP contribution in [0.1, 0.15) is 51.7 Å². The normalized spacial score (nSPS) is 11.7. The summed E-state index contributed by atoms with van der Waals surface area (Å²) in [7, 11) is 0. The fourth-order valence-corrected chi connectivity index (χ4v) is 1.51. The van der Waals surface area contributed by atoms with E-state index in [2.05, 4.69) is 38.1 Å². The lowest BCUT2D eigenvalue weighted by Crippen LogP contribution is -1.77. The average Bonchev–Trinajstić information content (AvgIpc) is 2.69. The maximum atomic E-state index is 2.24. The maximum absolute atomic E-state index is 2.24. The molecule has 14 heavy (non-hydrogen) atoms. The third-order valence-electron chi connectivity index (χ3n) is 2.01. The first kappa shape index (κ1) is 13.2. The summed E-state index contributed by atoms with van der Waals surface area (Å²) >= 11 is 0. The van der Waals surface area contributed by atoms with Crippen LogP contribution >= 0.6 is 0 Å². The molecule has 0 N–H and O–H groups in total. The molecular formula is C14H24. The van der Waals surface area contributed by atoms with Crippen LogP contribution in [0.3, 0.4) is 0 Å². The third-order valence-corrected chi connectivity index (χ3v) is 2.01. The standard InChI is InChI=1S/C9H10.C3H8.C2H6/c1-2-5-9-7-3-6-8(9)4-1;1-3-2;1-2/h1-2,4-5H,3,6-7H2;3H2,1-2H3;1-2H3. The van der Waals surface area contributed by atoms with Crippen LogP contribution in [0.15, 0.2) is 24.3 Å². The summed E-state index contributed by atoms with van der Waals surface area (Å²) in [5, 5.41) is 0. The number of aryl methyl sites for hydroxylation is 2. The van der Waals surface area contributed by atoms with Gasteiger partial charge in [0, 0.05) is 0 Å². The highest BCUT2D eigenvalue weighted by atomic mass is 14.1. The van der Waals surface area contributed by atoms with Gasteiger partial charge in [-0.1, -0.05) is 58.4 Å². The Hall–Kier alpha value is -0.780. The van der Waals surface area contributed by atoms with Gasteiger partial charge in [0.05, 0.1) is 0 Å². The zero-order valence-corrected chi connectivity index (χ0v) is 10.1. The molecular weight excluding hydrogens is 168 g/mol. The van der Waals surface area contributed by atoms with Crippen molar-refractivity contribution in [2.75, 3.05) is 0 Å². The van der Waals surface area contributed by atoms with Crippen molar-refractivity contribution in [3.63, 3.8) is 0 Å². The quantitative estimate of drug-likeness (QED) is 0.562. The Morgan fingerprint density at radius 2 is 1.29 bits per heavy atom. The summed E-state index contributed by atoms with van der Waals surface area (Å²) in [6, 6.07) is 8.74. The molecule has 0 spiro atoms. The smallest absolute Gasteiger partial charge is 0.0273 e. The molecule has 1 aromatic carbocycles. The van der Waals surface area contributed by atoms with Crippen LogP contribution in [0, 0.1) is 0 Å². The van der Waals surface area contributed by atoms with Gasteiger partial charge in [0.1, 0.15) is 0 Å². The van der Waals surface area contributed by atoms with E-state index in [-0.39, 0.29) is 0 Å². The highest BCUT2D eigenvalue weighted by Crippen LogP contribution is 2.20. The van der Waals surface area contributed by atoms with E-state index >= 15 is 0 Å². The van der Waals surface area contributed by atoms with Gasteiger partial charge in [0.15, 0.2) is 0 Å². The molecule has 0 atom stereocenters. The first-order chi connectivity index (χ1) is 6.88. The van der Waals surface area contributed by atoms with Crippen molar-refractivity contribution < 1.29 is 0 Å². The molecule has 0 saturated heterocycles. The van der Waals surface area contributed by atoms with Crippen molar-refractivity contribution in [1.82, 2.24) is 0 Å². The van der Waals surface area contributed by atoms with Crippen LogP contribution in [-0.4, -0.2) is 0 Å². The Kier molecular flexibility index (Phi) is 8.31. The predicted molar refractivity (Wildman–Crippen MR) is 65.8 cm³/mol. The van der Waals surface area contributed by atoms with Gasteiger partial charge in [-0.25, -0.2) is 0 Å². The number of fused-ring (bicyclic) bond motifs is 1. The van der Waals surface area contributed by atoms with Crippen LogP contribution in [0.5, 0.6) is 0 Å². The Balaban J connectivity index is 0.000000294. The van der Waals surface area contributed by atoms with Crippen molar-refractivity contribution in [3.8, 4) is 0 Å². The highest BCUT2D eigenvalue weighted by molar-refractivity contribution is 5.30. The zero-order chi connectivity index (χ0) is 10.8. The second-order valence-corrected chi connectivity index (χ2v) is 3.33. The first-order valence-corrected chi connectivity index (χ1v) is 5.95. The van der Waals surface area contributed by atoms with E-state index in [0.29, 0.717) is 0 Å². The van der Waals surface area contributed by atoms with E-state index in [0.717, 1.165) is 0 Å². The molecule has 0 aliphatic heterocycles. The van der Waals surface area contributed by atoms with Crippen molar-refractivity contribution in [1.29, 1.82) is 0 Å². The van der Waals surface area contributed by atoms with Crippen LogP contribution < -0.4 is 0 Å². The lowest BCUT2D eigenvalue weighted by molar-refractivity contribution is 0.912. The summed E-state index contributed by atoms with van der Waals surface area (Å²) in [6.45, 7) is 8.25. The van der Waals surface area contributed by atoms with Crippen molar-refractivity contribution >= 4 is 0 Å². The fourth-order valence-electron chi connectivity index (χ4n) is 1.51. The van der Waals surface area contributed by atoms with Crippen LogP contribution in [0.25, 0.3) is 0 Å². The van der Waals surface area contributed by atoms with E-state index in [1.54, 1.807) is 11.1 Å². The van der Waals surface area contributed by atoms with Gasteiger partial charge in [0.25, 0.3) is 0 Å². The summed E-state index contributed by atoms with van der Waals surface area (Å²) in [6.07, 6.45) is 5.21. The molecule has 80 valence electrons. The fraction of sp³-hybridized carbons (Fsp3) is 0.571. The summed E-state index contributed by atoms with van der Waals surface area (Å²) in [5.41, 5.74) is 3.13. The van der Waals surface area contributed by atoms with Crippen molar-refractivity contribution in [2.45, 2.75) is 53.4 Å². The molecule has 0 fully saturated rings. The molecule has 0 saturated carbocycles. The van der Waals surface area contributed by atoms with Gasteiger partial charge in [-0.05, 0) is 30.4 Å². The van der Waals surface area contributed by atoms with Crippen molar-refractivity contribution in [2.24, 2.45) is 0 Å². The van der Waals surface area contributed by atoms with E-state index < -0.39 is 0 Å². The van der Waals surface area contributed by atoms with Crippen LogP contribution in [0.4, 0.5) is 0 Å². The zero-order valence-electron chi connectivity index (χ0n) is 10.1. The molecule has 0 heteroatoms. The molecule has 1 aliphatic carbocycles. The molecule has 0 aromatic heterocycles. The Morgan fingerprint density at radius 1 is 0.929 bits per heavy atom. The molecule has 0 bridgehead atoms. The molecule has 0 heterocycles. The van der Waals surface area contributed by atoms with Gasteiger partial charge >= 0.3 is 0 Å². The topological polar surface area (TPSA) is 0 Å². The Labute approximate surface area is 89.4 Å². The first-order valence-electron chi connectivity index (χ1n) is 5.95. The van der Waals surface area contributed by atoms with Crippen LogP contribution in [0.2, 0.25) is 0 Å². The lowest BCUT2D eigenvalue weighted by atomic mass is 10.1. The largest absolute Gasteiger partial charge is 0.0683 e. The predicted octanol–water partition coefficient (Wildman–Crippen LogP) is 4.62. The summed E-state index contributed by atoms with van der Waals surface area (Å²) in [4.78, 5) is 0. The van der Waals surface area contributed by atoms with E-state index in [9.17, 15) is 0 Å². The van der Waals surface area contributed by atoms with Gasteiger partial charge in [-0.3, -0.25) is 0 Å². The third kappa shape index (κ3) is 4.45. The van der Waals surface area contributed by atoms with E-state index in [1.807, 2.05) is 13.8 Å². The van der Waals surface area contributed by atoms with Crippen molar-refractivity contribution in [3.05, 3.63) is 35.4 Å². The number of hydrogen-bond donors (Lipinski definition) is 0. The van der Waals surface area contributed by atoms with Crippen LogP contribution in [-0.2, 0) is 12.8 Å². The molecule has 0 amide bonds. The molecule has 1 aromatic rings. The van der Waals surface area contributed by atoms with E-state index in [1.165, 1.54) is 25.7 Å². The molecule has 1 aliphatic rings. The van der Waals surface area contributed by atoms with E-state index in [4.69, 9.17) is 0 Å². The summed E-state index contributed by atoms with van der Waals surface area (Å²) in [5.74, 6) is 0. The molecule has 0 radical (unpaired) electrons. The SMILES string of the molecule is CC.CCC.c1ccc2c(c1)CCC2. The van der Waals surface area contributed by atoms with Gasteiger partial charge in [-0.15, -0.1) is 0 Å². The number of benzene rings is 1. The van der Waals surface area contributed by atoms with Gasteiger partial charge in [-0.2, -0.15) is 0 Å².